The first-order valence-corrected chi connectivity index (χ1v) is 14.3. The minimum atomic E-state index is -3.49. The Balaban J connectivity index is 1.22. The van der Waals surface area contributed by atoms with Crippen LogP contribution in [0.5, 0.6) is 0 Å². The van der Waals surface area contributed by atoms with E-state index in [0.717, 1.165) is 62.8 Å². The molecular formula is C25H37N5O3S. The predicted octanol–water partition coefficient (Wildman–Crippen LogP) is 2.77. The number of piperazine rings is 1. The quantitative estimate of drug-likeness (QED) is 0.626. The van der Waals surface area contributed by atoms with Gasteiger partial charge in [-0.25, -0.2) is 13.4 Å². The van der Waals surface area contributed by atoms with Gasteiger partial charge in [0.1, 0.15) is 5.82 Å². The minimum Gasteiger partial charge on any atom is -0.340 e. The fourth-order valence-electron chi connectivity index (χ4n) is 5.85. The fourth-order valence-corrected chi connectivity index (χ4v) is 7.39. The molecule has 0 N–H and O–H groups in total. The van der Waals surface area contributed by atoms with Gasteiger partial charge in [-0.05, 0) is 43.9 Å². The van der Waals surface area contributed by atoms with Crippen LogP contribution in [-0.2, 0) is 28.3 Å². The average Bonchev–Trinajstić information content (AvgIpc) is 3.51. The Kier molecular flexibility index (Phi) is 6.95. The molecule has 2 aliphatic heterocycles. The Morgan fingerprint density at radius 2 is 1.68 bits per heavy atom. The Labute approximate surface area is 203 Å². The molecule has 3 heterocycles. The van der Waals surface area contributed by atoms with E-state index in [1.54, 1.807) is 16.4 Å². The standard InChI is InChI=1S/C25H37N5O3S/c1-27-23-10-9-21(34(32,33)30-13-5-2-6-14-30)19-22(23)26-24(27)11-12-25(31)29-17-15-28(16-18-29)20-7-3-4-8-20/h9-10,19-20H,2-8,11-18H2,1H3. The lowest BCUT2D eigenvalue weighted by molar-refractivity contribution is -0.133. The predicted molar refractivity (Wildman–Crippen MR) is 132 cm³/mol. The van der Waals surface area contributed by atoms with Crippen LogP contribution in [0.25, 0.3) is 11.0 Å². The molecule has 186 valence electrons. The molecule has 0 atom stereocenters. The van der Waals surface area contributed by atoms with Crippen molar-refractivity contribution in [1.82, 2.24) is 23.7 Å². The molecule has 0 bridgehead atoms. The first-order chi connectivity index (χ1) is 16.4. The van der Waals surface area contributed by atoms with Crippen LogP contribution >= 0.6 is 0 Å². The summed E-state index contributed by atoms with van der Waals surface area (Å²) in [5, 5.41) is 0. The largest absolute Gasteiger partial charge is 0.340 e. The van der Waals surface area contributed by atoms with Gasteiger partial charge < -0.3 is 9.47 Å². The van der Waals surface area contributed by atoms with Crippen molar-refractivity contribution in [2.45, 2.75) is 68.7 Å². The summed E-state index contributed by atoms with van der Waals surface area (Å²) in [6.07, 6.45) is 9.20. The summed E-state index contributed by atoms with van der Waals surface area (Å²) in [4.78, 5) is 22.5. The van der Waals surface area contributed by atoms with E-state index in [2.05, 4.69) is 4.90 Å². The lowest BCUT2D eigenvalue weighted by Gasteiger charge is -2.38. The molecule has 0 radical (unpaired) electrons. The number of rotatable bonds is 6. The van der Waals surface area contributed by atoms with Gasteiger partial charge in [-0.3, -0.25) is 9.69 Å². The highest BCUT2D eigenvalue weighted by atomic mass is 32.2. The second-order valence-electron chi connectivity index (χ2n) is 10.1. The number of aryl methyl sites for hydroxylation is 2. The zero-order chi connectivity index (χ0) is 23.7. The highest BCUT2D eigenvalue weighted by Crippen LogP contribution is 2.26. The molecule has 9 heteroatoms. The summed E-state index contributed by atoms with van der Waals surface area (Å²) in [5.41, 5.74) is 1.57. The number of nitrogens with zero attached hydrogens (tertiary/aromatic N) is 5. The van der Waals surface area contributed by atoms with E-state index in [9.17, 15) is 13.2 Å². The number of hydrogen-bond donors (Lipinski definition) is 0. The van der Waals surface area contributed by atoms with Crippen LogP contribution in [0, 0.1) is 0 Å². The van der Waals surface area contributed by atoms with Crippen molar-refractivity contribution in [3.8, 4) is 0 Å². The third-order valence-corrected chi connectivity index (χ3v) is 9.86. The number of piperidine rings is 1. The maximum atomic E-state index is 13.1. The first kappa shape index (κ1) is 23.8. The second kappa shape index (κ2) is 9.95. The van der Waals surface area contributed by atoms with E-state index >= 15 is 0 Å². The Hall–Kier alpha value is -1.97. The minimum absolute atomic E-state index is 0.187. The van der Waals surface area contributed by atoms with Crippen molar-refractivity contribution >= 4 is 27.0 Å². The van der Waals surface area contributed by atoms with E-state index in [4.69, 9.17) is 4.98 Å². The number of carbonyl (C=O) groups is 1. The van der Waals surface area contributed by atoms with Gasteiger partial charge >= 0.3 is 0 Å². The third-order valence-electron chi connectivity index (χ3n) is 7.97. The highest BCUT2D eigenvalue weighted by Gasteiger charge is 2.29. The van der Waals surface area contributed by atoms with E-state index in [1.807, 2.05) is 22.6 Å². The molecule has 0 spiro atoms. The summed E-state index contributed by atoms with van der Waals surface area (Å²) < 4.78 is 29.7. The smallest absolute Gasteiger partial charge is 0.243 e. The topological polar surface area (TPSA) is 78.8 Å². The van der Waals surface area contributed by atoms with E-state index in [1.165, 1.54) is 25.7 Å². The molecular weight excluding hydrogens is 450 g/mol. The van der Waals surface area contributed by atoms with Gasteiger partial charge in [0.2, 0.25) is 15.9 Å². The summed E-state index contributed by atoms with van der Waals surface area (Å²) in [5.74, 6) is 1.01. The molecule has 1 amide bonds. The summed E-state index contributed by atoms with van der Waals surface area (Å²) >= 11 is 0. The second-order valence-corrected chi connectivity index (χ2v) is 12.0. The number of hydrogen-bond acceptors (Lipinski definition) is 5. The first-order valence-electron chi connectivity index (χ1n) is 12.9. The molecule has 3 aliphatic rings. The van der Waals surface area contributed by atoms with Gasteiger partial charge in [0.25, 0.3) is 0 Å². The molecule has 34 heavy (non-hydrogen) atoms. The molecule has 2 saturated heterocycles. The number of sulfonamides is 1. The molecule has 1 aromatic carbocycles. The normalized spacial score (nSPS) is 21.5. The van der Waals surface area contributed by atoms with Crippen molar-refractivity contribution in [3.63, 3.8) is 0 Å². The molecule has 1 aromatic heterocycles. The van der Waals surface area contributed by atoms with E-state index in [0.29, 0.717) is 36.3 Å². The van der Waals surface area contributed by atoms with Crippen LogP contribution in [0.1, 0.15) is 57.2 Å². The van der Waals surface area contributed by atoms with Gasteiger partial charge in [-0.2, -0.15) is 4.31 Å². The number of carbonyl (C=O) groups excluding carboxylic acids is 1. The van der Waals surface area contributed by atoms with Gasteiger partial charge in [-0.1, -0.05) is 19.3 Å². The SMILES string of the molecule is Cn1c(CCC(=O)N2CCN(C3CCCC3)CC2)nc2cc(S(=O)(=O)N3CCCCC3)ccc21. The fraction of sp³-hybridized carbons (Fsp3) is 0.680. The number of aromatic nitrogens is 2. The maximum Gasteiger partial charge on any atom is 0.243 e. The van der Waals surface area contributed by atoms with Crippen molar-refractivity contribution in [2.75, 3.05) is 39.3 Å². The van der Waals surface area contributed by atoms with E-state index in [-0.39, 0.29) is 5.91 Å². The third kappa shape index (κ3) is 4.75. The molecule has 0 unspecified atom stereocenters. The van der Waals surface area contributed by atoms with Gasteiger partial charge in [0.15, 0.2) is 0 Å². The number of benzene rings is 1. The van der Waals surface area contributed by atoms with Crippen LogP contribution < -0.4 is 0 Å². The Bertz CT molecular complexity index is 1120. The van der Waals surface area contributed by atoms with Gasteiger partial charge in [0, 0.05) is 65.2 Å². The number of fused-ring (bicyclic) bond motifs is 1. The van der Waals surface area contributed by atoms with Crippen LogP contribution in [0.2, 0.25) is 0 Å². The lowest BCUT2D eigenvalue weighted by atomic mass is 10.1. The Morgan fingerprint density at radius 3 is 2.38 bits per heavy atom. The number of imidazole rings is 1. The molecule has 3 fully saturated rings. The zero-order valence-corrected chi connectivity index (χ0v) is 21.1. The average molecular weight is 488 g/mol. The lowest BCUT2D eigenvalue weighted by Crippen LogP contribution is -2.51. The zero-order valence-electron chi connectivity index (χ0n) is 20.3. The molecule has 8 nitrogen and oxygen atoms in total. The van der Waals surface area contributed by atoms with Crippen molar-refractivity contribution in [2.24, 2.45) is 7.05 Å². The van der Waals surface area contributed by atoms with Crippen molar-refractivity contribution < 1.29 is 13.2 Å². The molecule has 1 aliphatic carbocycles. The van der Waals surface area contributed by atoms with Gasteiger partial charge in [0.05, 0.1) is 15.9 Å². The molecule has 5 rings (SSSR count). The summed E-state index contributed by atoms with van der Waals surface area (Å²) in [6, 6.07) is 5.94. The highest BCUT2D eigenvalue weighted by molar-refractivity contribution is 7.89. The van der Waals surface area contributed by atoms with Crippen LogP contribution in [0.4, 0.5) is 0 Å². The van der Waals surface area contributed by atoms with Gasteiger partial charge in [-0.15, -0.1) is 0 Å². The molecule has 1 saturated carbocycles. The van der Waals surface area contributed by atoms with Crippen molar-refractivity contribution in [1.29, 1.82) is 0 Å². The summed E-state index contributed by atoms with van der Waals surface area (Å²) in [7, 11) is -1.55. The van der Waals surface area contributed by atoms with E-state index < -0.39 is 10.0 Å². The maximum absolute atomic E-state index is 13.1. The monoisotopic (exact) mass is 487 g/mol. The van der Waals surface area contributed by atoms with Crippen LogP contribution in [0.3, 0.4) is 0 Å². The molecule has 2 aromatic rings. The van der Waals surface area contributed by atoms with Crippen molar-refractivity contribution in [3.05, 3.63) is 24.0 Å². The number of amides is 1. The van der Waals surface area contributed by atoms with Crippen LogP contribution in [0.15, 0.2) is 23.1 Å². The summed E-state index contributed by atoms with van der Waals surface area (Å²) in [6.45, 7) is 4.77. The van der Waals surface area contributed by atoms with Crippen LogP contribution in [-0.4, -0.2) is 83.3 Å². The Morgan fingerprint density at radius 1 is 0.971 bits per heavy atom.